The number of hydrogen-bond donors (Lipinski definition) is 2. The van der Waals surface area contributed by atoms with E-state index in [9.17, 15) is 22.4 Å². The molecule has 172 valence electrons. The molecule has 1 aromatic heterocycles. The Morgan fingerprint density at radius 1 is 1.16 bits per heavy atom. The lowest BCUT2D eigenvalue weighted by Gasteiger charge is -2.18. The molecule has 2 aromatic carbocycles. The number of alkyl halides is 4. The first kappa shape index (κ1) is 23.6. The fourth-order valence-corrected chi connectivity index (χ4v) is 3.21. The summed E-state index contributed by atoms with van der Waals surface area (Å²) in [5.41, 5.74) is 2.93. The highest BCUT2D eigenvalue weighted by atomic mass is 19.3. The number of ether oxygens (including phenoxy) is 2. The number of carbonyl (C=O) groups is 1. The average molecular weight is 452 g/mol. The number of aromatic nitrogens is 1. The molecular formula is C23H24F4N2O3. The third-order valence-electron chi connectivity index (χ3n) is 4.88. The minimum absolute atomic E-state index is 0.138. The van der Waals surface area contributed by atoms with Crippen LogP contribution in [0.5, 0.6) is 5.75 Å². The fraction of sp³-hybridized carbons (Fsp3) is 0.348. The van der Waals surface area contributed by atoms with Crippen LogP contribution in [0.25, 0.3) is 10.9 Å². The highest BCUT2D eigenvalue weighted by molar-refractivity contribution is 5.95. The van der Waals surface area contributed by atoms with Gasteiger partial charge in [-0.3, -0.25) is 0 Å². The molecule has 5 nitrogen and oxygen atoms in total. The predicted molar refractivity (Wildman–Crippen MR) is 113 cm³/mol. The smallest absolute Gasteiger partial charge is 0.340 e. The summed E-state index contributed by atoms with van der Waals surface area (Å²) in [4.78, 5) is 15.0. The fourth-order valence-electron chi connectivity index (χ4n) is 3.21. The second kappa shape index (κ2) is 10.5. The molecular weight excluding hydrogens is 428 g/mol. The summed E-state index contributed by atoms with van der Waals surface area (Å²) >= 11 is 0. The summed E-state index contributed by atoms with van der Waals surface area (Å²) in [7, 11) is 0. The van der Waals surface area contributed by atoms with Gasteiger partial charge in [-0.05, 0) is 43.7 Å². The summed E-state index contributed by atoms with van der Waals surface area (Å²) in [5, 5.41) is 4.19. The van der Waals surface area contributed by atoms with Crippen LogP contribution in [0.2, 0.25) is 0 Å². The van der Waals surface area contributed by atoms with Crippen LogP contribution < -0.4 is 10.1 Å². The molecule has 32 heavy (non-hydrogen) atoms. The molecule has 0 spiro atoms. The first-order valence-corrected chi connectivity index (χ1v) is 10.2. The molecule has 0 radical (unpaired) electrons. The standard InChI is InChI=1S/C23H24F4N2O3/c1-2-31-21(30)15-7-8-18-16(13-29-19(18)11-15)9-10-28-12-17-5-3-4-6-20(17)32-14-23(26,27)22(24)25/h3-8,11,13,22,28-29H,2,9-10,12,14H2,1H3. The number of para-hydroxylation sites is 1. The van der Waals surface area contributed by atoms with Crippen molar-refractivity contribution in [3.63, 3.8) is 0 Å². The largest absolute Gasteiger partial charge is 0.487 e. The monoisotopic (exact) mass is 452 g/mol. The van der Waals surface area contributed by atoms with Crippen molar-refractivity contribution in [3.8, 4) is 5.75 Å². The van der Waals surface area contributed by atoms with E-state index < -0.39 is 19.0 Å². The molecule has 0 saturated heterocycles. The maximum absolute atomic E-state index is 13.1. The second-order valence-electron chi connectivity index (χ2n) is 7.18. The van der Waals surface area contributed by atoms with Gasteiger partial charge in [0.2, 0.25) is 0 Å². The van der Waals surface area contributed by atoms with Crippen molar-refractivity contribution in [2.75, 3.05) is 19.8 Å². The summed E-state index contributed by atoms with van der Waals surface area (Å²) < 4.78 is 60.9. The highest BCUT2D eigenvalue weighted by Crippen LogP contribution is 2.26. The first-order valence-electron chi connectivity index (χ1n) is 10.2. The van der Waals surface area contributed by atoms with Crippen molar-refractivity contribution >= 4 is 16.9 Å². The van der Waals surface area contributed by atoms with Gasteiger partial charge in [-0.1, -0.05) is 24.3 Å². The lowest BCUT2D eigenvalue weighted by Crippen LogP contribution is -2.34. The van der Waals surface area contributed by atoms with E-state index in [0.717, 1.165) is 16.5 Å². The van der Waals surface area contributed by atoms with Gasteiger partial charge >= 0.3 is 18.3 Å². The molecule has 3 rings (SSSR count). The van der Waals surface area contributed by atoms with E-state index in [4.69, 9.17) is 9.47 Å². The topological polar surface area (TPSA) is 63.4 Å². The Kier molecular flexibility index (Phi) is 7.74. The maximum Gasteiger partial charge on any atom is 0.340 e. The van der Waals surface area contributed by atoms with E-state index in [-0.39, 0.29) is 11.7 Å². The lowest BCUT2D eigenvalue weighted by atomic mass is 10.1. The van der Waals surface area contributed by atoms with Crippen LogP contribution in [0.15, 0.2) is 48.7 Å². The van der Waals surface area contributed by atoms with Crippen molar-refractivity contribution in [2.45, 2.75) is 32.2 Å². The number of H-pyrrole nitrogens is 1. The zero-order valence-electron chi connectivity index (χ0n) is 17.5. The number of aromatic amines is 1. The Morgan fingerprint density at radius 3 is 2.69 bits per heavy atom. The summed E-state index contributed by atoms with van der Waals surface area (Å²) in [6.45, 7) is 1.57. The van der Waals surface area contributed by atoms with Crippen LogP contribution in [0, 0.1) is 0 Å². The van der Waals surface area contributed by atoms with Gasteiger partial charge in [-0.2, -0.15) is 8.78 Å². The minimum Gasteiger partial charge on any atom is -0.487 e. The molecule has 0 aliphatic carbocycles. The Morgan fingerprint density at radius 2 is 1.94 bits per heavy atom. The van der Waals surface area contributed by atoms with E-state index in [1.165, 1.54) is 6.07 Å². The Hall–Kier alpha value is -3.07. The third-order valence-corrected chi connectivity index (χ3v) is 4.88. The zero-order valence-corrected chi connectivity index (χ0v) is 17.5. The number of esters is 1. The van der Waals surface area contributed by atoms with Crippen LogP contribution >= 0.6 is 0 Å². The SMILES string of the molecule is CCOC(=O)c1ccc2c(CCNCc3ccccc3OCC(F)(F)C(F)F)c[nH]c2c1. The van der Waals surface area contributed by atoms with Crippen LogP contribution in [0.4, 0.5) is 17.6 Å². The van der Waals surface area contributed by atoms with Crippen molar-refractivity contribution in [1.82, 2.24) is 10.3 Å². The number of halogens is 4. The van der Waals surface area contributed by atoms with Gasteiger partial charge in [0.25, 0.3) is 0 Å². The van der Waals surface area contributed by atoms with Gasteiger partial charge < -0.3 is 19.8 Å². The van der Waals surface area contributed by atoms with E-state index in [0.29, 0.717) is 37.2 Å². The van der Waals surface area contributed by atoms with Gasteiger partial charge in [0.1, 0.15) is 5.75 Å². The molecule has 0 amide bonds. The van der Waals surface area contributed by atoms with Crippen LogP contribution in [-0.4, -0.2) is 43.1 Å². The Balaban J connectivity index is 1.56. The third kappa shape index (κ3) is 5.79. The van der Waals surface area contributed by atoms with Crippen molar-refractivity contribution in [3.05, 3.63) is 65.4 Å². The molecule has 0 unspecified atom stereocenters. The minimum atomic E-state index is -4.21. The van der Waals surface area contributed by atoms with Crippen LogP contribution in [-0.2, 0) is 17.7 Å². The summed E-state index contributed by atoms with van der Waals surface area (Å²) in [6.07, 6.45) is -1.24. The molecule has 0 saturated carbocycles. The Labute approximate surface area is 182 Å². The first-order chi connectivity index (χ1) is 15.3. The highest BCUT2D eigenvalue weighted by Gasteiger charge is 2.41. The molecule has 0 atom stereocenters. The van der Waals surface area contributed by atoms with E-state index in [1.807, 2.05) is 12.3 Å². The van der Waals surface area contributed by atoms with Crippen molar-refractivity contribution in [1.29, 1.82) is 0 Å². The number of nitrogens with one attached hydrogen (secondary N) is 2. The number of hydrogen-bond acceptors (Lipinski definition) is 4. The molecule has 0 aliphatic rings. The average Bonchev–Trinajstić information content (AvgIpc) is 3.18. The molecule has 3 aromatic rings. The lowest BCUT2D eigenvalue weighted by molar-refractivity contribution is -0.148. The molecule has 9 heteroatoms. The van der Waals surface area contributed by atoms with E-state index in [1.54, 1.807) is 37.3 Å². The van der Waals surface area contributed by atoms with Gasteiger partial charge in [0, 0.05) is 29.2 Å². The van der Waals surface area contributed by atoms with Gasteiger partial charge in [-0.15, -0.1) is 0 Å². The van der Waals surface area contributed by atoms with Crippen LogP contribution in [0.3, 0.4) is 0 Å². The Bertz CT molecular complexity index is 1050. The molecule has 0 bridgehead atoms. The number of rotatable bonds is 11. The van der Waals surface area contributed by atoms with Crippen LogP contribution in [0.1, 0.15) is 28.4 Å². The zero-order chi connectivity index (χ0) is 23.1. The van der Waals surface area contributed by atoms with E-state index >= 15 is 0 Å². The van der Waals surface area contributed by atoms with Crippen molar-refractivity contribution < 1.29 is 31.8 Å². The van der Waals surface area contributed by atoms with Gasteiger partial charge in [-0.25, -0.2) is 13.6 Å². The quantitative estimate of drug-likeness (QED) is 0.245. The normalized spacial score (nSPS) is 11.8. The molecule has 2 N–H and O–H groups in total. The van der Waals surface area contributed by atoms with Crippen molar-refractivity contribution in [2.24, 2.45) is 0 Å². The maximum atomic E-state index is 13.1. The number of benzene rings is 2. The summed E-state index contributed by atoms with van der Waals surface area (Å²) in [6, 6.07) is 11.8. The van der Waals surface area contributed by atoms with Gasteiger partial charge in [0.05, 0.1) is 12.2 Å². The second-order valence-corrected chi connectivity index (χ2v) is 7.18. The number of fused-ring (bicyclic) bond motifs is 1. The molecule has 0 aliphatic heterocycles. The molecule has 1 heterocycles. The number of carbonyl (C=O) groups excluding carboxylic acids is 1. The molecule has 0 fully saturated rings. The predicted octanol–water partition coefficient (Wildman–Crippen LogP) is 4.96. The van der Waals surface area contributed by atoms with E-state index in [2.05, 4.69) is 10.3 Å². The van der Waals surface area contributed by atoms with Gasteiger partial charge in [0.15, 0.2) is 6.61 Å². The summed E-state index contributed by atoms with van der Waals surface area (Å²) in [5.74, 6) is -4.44.